The Kier molecular flexibility index (Phi) is 3.86. The average Bonchev–Trinajstić information content (AvgIpc) is 2.64. The van der Waals surface area contributed by atoms with E-state index in [2.05, 4.69) is 20.3 Å². The van der Waals surface area contributed by atoms with Gasteiger partial charge < -0.3 is 9.73 Å². The van der Waals surface area contributed by atoms with Crippen LogP contribution in [-0.4, -0.2) is 21.5 Å². The first-order valence-corrected chi connectivity index (χ1v) is 6.60. The molecule has 5 nitrogen and oxygen atoms in total. The molecule has 0 radical (unpaired) electrons. The summed E-state index contributed by atoms with van der Waals surface area (Å²) < 4.78 is 5.54. The molecule has 1 N–H and O–H groups in total. The first kappa shape index (κ1) is 12.9. The lowest BCUT2D eigenvalue weighted by atomic mass is 10.3. The summed E-state index contributed by atoms with van der Waals surface area (Å²) in [6.07, 6.45) is 1.55. The van der Waals surface area contributed by atoms with Gasteiger partial charge in [-0.2, -0.15) is 0 Å². The van der Waals surface area contributed by atoms with Crippen LogP contribution >= 0.6 is 11.8 Å². The van der Waals surface area contributed by atoms with Crippen LogP contribution in [0.5, 0.6) is 0 Å². The van der Waals surface area contributed by atoms with Crippen molar-refractivity contribution in [2.45, 2.75) is 37.9 Å². The van der Waals surface area contributed by atoms with Gasteiger partial charge in [0.2, 0.25) is 0 Å². The maximum absolute atomic E-state index is 5.54. The number of rotatable bonds is 4. The van der Waals surface area contributed by atoms with Crippen LogP contribution in [-0.2, 0) is 0 Å². The third-order valence-corrected chi connectivity index (χ3v) is 3.53. The molecule has 0 aliphatic rings. The molecule has 0 unspecified atom stereocenters. The van der Waals surface area contributed by atoms with Crippen molar-refractivity contribution >= 4 is 17.6 Å². The van der Waals surface area contributed by atoms with E-state index in [1.807, 2.05) is 27.7 Å². The molecule has 96 valence electrons. The summed E-state index contributed by atoms with van der Waals surface area (Å²) in [6.45, 7) is 8.69. The number of nitrogens with zero attached hydrogens (tertiary/aromatic N) is 3. The van der Waals surface area contributed by atoms with E-state index < -0.39 is 0 Å². The summed E-state index contributed by atoms with van der Waals surface area (Å²) in [4.78, 5) is 12.8. The number of aryl methyl sites for hydroxylation is 2. The second-order valence-corrected chi connectivity index (χ2v) is 4.85. The normalized spacial score (nSPS) is 10.7. The second-order valence-electron chi connectivity index (χ2n) is 3.91. The maximum Gasteiger partial charge on any atom is 0.262 e. The maximum atomic E-state index is 5.54. The van der Waals surface area contributed by atoms with E-state index in [1.54, 1.807) is 6.33 Å². The van der Waals surface area contributed by atoms with Gasteiger partial charge in [0.05, 0.1) is 5.69 Å². The number of hydrogen-bond donors (Lipinski definition) is 1. The molecule has 2 aromatic rings. The minimum absolute atomic E-state index is 0.620. The average molecular weight is 264 g/mol. The van der Waals surface area contributed by atoms with Crippen molar-refractivity contribution in [3.8, 4) is 0 Å². The van der Waals surface area contributed by atoms with Crippen LogP contribution in [0.2, 0.25) is 0 Å². The van der Waals surface area contributed by atoms with Gasteiger partial charge in [0.15, 0.2) is 0 Å². The van der Waals surface area contributed by atoms with Crippen LogP contribution in [0, 0.1) is 20.8 Å². The topological polar surface area (TPSA) is 63.8 Å². The molecule has 0 spiro atoms. The van der Waals surface area contributed by atoms with Gasteiger partial charge in [0.25, 0.3) is 5.22 Å². The lowest BCUT2D eigenvalue weighted by molar-refractivity contribution is 0.431. The number of anilines is 1. The highest BCUT2D eigenvalue weighted by molar-refractivity contribution is 7.99. The fourth-order valence-corrected chi connectivity index (χ4v) is 2.32. The van der Waals surface area contributed by atoms with E-state index >= 15 is 0 Å². The van der Waals surface area contributed by atoms with Crippen molar-refractivity contribution in [2.24, 2.45) is 0 Å². The van der Waals surface area contributed by atoms with Gasteiger partial charge in [-0.3, -0.25) is 0 Å². The molecule has 0 bridgehead atoms. The molecule has 0 aliphatic carbocycles. The highest BCUT2D eigenvalue weighted by Crippen LogP contribution is 2.30. The molecule has 0 saturated carbocycles. The largest absolute Gasteiger partial charge is 0.436 e. The lowest BCUT2D eigenvalue weighted by Gasteiger charge is -2.07. The zero-order chi connectivity index (χ0) is 13.1. The molecule has 2 aromatic heterocycles. The van der Waals surface area contributed by atoms with E-state index in [1.165, 1.54) is 11.8 Å². The Balaban J connectivity index is 2.26. The number of nitrogens with one attached hydrogen (secondary N) is 1. The van der Waals surface area contributed by atoms with Crippen molar-refractivity contribution in [3.05, 3.63) is 23.3 Å². The molecular formula is C12H16N4OS. The summed E-state index contributed by atoms with van der Waals surface area (Å²) in [5, 5.41) is 4.69. The SMILES string of the molecule is CCNc1ncnc(Sc2nc(C)c(C)o2)c1C. The fourth-order valence-electron chi connectivity index (χ4n) is 1.45. The molecule has 0 aromatic carbocycles. The molecule has 2 heterocycles. The Labute approximate surface area is 110 Å². The molecule has 2 rings (SSSR count). The van der Waals surface area contributed by atoms with Gasteiger partial charge in [-0.1, -0.05) is 0 Å². The molecule has 18 heavy (non-hydrogen) atoms. The van der Waals surface area contributed by atoms with Crippen LogP contribution < -0.4 is 5.32 Å². The van der Waals surface area contributed by atoms with E-state index in [0.717, 1.165) is 34.4 Å². The Morgan fingerprint density at radius 2 is 2.06 bits per heavy atom. The number of hydrogen-bond acceptors (Lipinski definition) is 6. The second kappa shape index (κ2) is 5.39. The zero-order valence-corrected chi connectivity index (χ0v) is 11.8. The predicted molar refractivity (Wildman–Crippen MR) is 71.0 cm³/mol. The first-order valence-electron chi connectivity index (χ1n) is 5.79. The summed E-state index contributed by atoms with van der Waals surface area (Å²) >= 11 is 1.42. The first-order chi connectivity index (χ1) is 8.61. The standard InChI is InChI=1S/C12H16N4OS/c1-5-13-10-7(2)11(15-6-14-10)18-12-16-8(3)9(4)17-12/h6H,5H2,1-4H3,(H,13,14,15). The Morgan fingerprint density at radius 1 is 1.28 bits per heavy atom. The van der Waals surface area contributed by atoms with Crippen molar-refractivity contribution < 1.29 is 4.42 Å². The third kappa shape index (κ3) is 2.64. The van der Waals surface area contributed by atoms with Crippen LogP contribution in [0.15, 0.2) is 21.0 Å². The quantitative estimate of drug-likeness (QED) is 0.856. The van der Waals surface area contributed by atoms with E-state index in [9.17, 15) is 0 Å². The molecule has 0 aliphatic heterocycles. The minimum Gasteiger partial charge on any atom is -0.436 e. The summed E-state index contributed by atoms with van der Waals surface area (Å²) in [5.41, 5.74) is 1.92. The van der Waals surface area contributed by atoms with Gasteiger partial charge in [-0.25, -0.2) is 15.0 Å². The Hall–Kier alpha value is -1.56. The summed E-state index contributed by atoms with van der Waals surface area (Å²) in [6, 6.07) is 0. The fraction of sp³-hybridized carbons (Fsp3) is 0.417. The molecule has 0 atom stereocenters. The van der Waals surface area contributed by atoms with Gasteiger partial charge >= 0.3 is 0 Å². The molecule has 0 amide bonds. The number of aromatic nitrogens is 3. The summed E-state index contributed by atoms with van der Waals surface area (Å²) in [5.74, 6) is 1.70. The van der Waals surface area contributed by atoms with Gasteiger partial charge in [0, 0.05) is 12.1 Å². The lowest BCUT2D eigenvalue weighted by Crippen LogP contribution is -2.03. The van der Waals surface area contributed by atoms with Gasteiger partial charge in [0.1, 0.15) is 22.9 Å². The van der Waals surface area contributed by atoms with Gasteiger partial charge in [-0.15, -0.1) is 0 Å². The highest BCUT2D eigenvalue weighted by atomic mass is 32.2. The number of oxazole rings is 1. The Bertz CT molecular complexity index is 534. The summed E-state index contributed by atoms with van der Waals surface area (Å²) in [7, 11) is 0. The molecule has 6 heteroatoms. The smallest absolute Gasteiger partial charge is 0.262 e. The van der Waals surface area contributed by atoms with E-state index in [4.69, 9.17) is 4.42 Å². The highest BCUT2D eigenvalue weighted by Gasteiger charge is 2.12. The molecular weight excluding hydrogens is 248 g/mol. The van der Waals surface area contributed by atoms with Crippen molar-refractivity contribution in [1.82, 2.24) is 15.0 Å². The van der Waals surface area contributed by atoms with E-state index in [-0.39, 0.29) is 0 Å². The minimum atomic E-state index is 0.620. The van der Waals surface area contributed by atoms with Crippen LogP contribution in [0.4, 0.5) is 5.82 Å². The van der Waals surface area contributed by atoms with Crippen molar-refractivity contribution in [2.75, 3.05) is 11.9 Å². The van der Waals surface area contributed by atoms with Crippen molar-refractivity contribution in [3.63, 3.8) is 0 Å². The van der Waals surface area contributed by atoms with E-state index in [0.29, 0.717) is 5.22 Å². The third-order valence-electron chi connectivity index (χ3n) is 2.57. The molecule has 0 fully saturated rings. The Morgan fingerprint density at radius 3 is 2.67 bits per heavy atom. The molecule has 0 saturated heterocycles. The van der Waals surface area contributed by atoms with Crippen LogP contribution in [0.25, 0.3) is 0 Å². The van der Waals surface area contributed by atoms with Crippen LogP contribution in [0.3, 0.4) is 0 Å². The van der Waals surface area contributed by atoms with Crippen molar-refractivity contribution in [1.29, 1.82) is 0 Å². The zero-order valence-electron chi connectivity index (χ0n) is 10.9. The monoisotopic (exact) mass is 264 g/mol. The van der Waals surface area contributed by atoms with Gasteiger partial charge in [-0.05, 0) is 39.5 Å². The van der Waals surface area contributed by atoms with Crippen LogP contribution in [0.1, 0.15) is 23.9 Å². The predicted octanol–water partition coefficient (Wildman–Crippen LogP) is 2.97.